The summed E-state index contributed by atoms with van der Waals surface area (Å²) in [6.07, 6.45) is 6.39. The highest BCUT2D eigenvalue weighted by Gasteiger charge is 2.45. The molecule has 2 rings (SSSR count). The molecule has 2 heteroatoms. The van der Waals surface area contributed by atoms with E-state index in [0.717, 1.165) is 0 Å². The van der Waals surface area contributed by atoms with Gasteiger partial charge in [-0.05, 0) is 39.3 Å². The lowest BCUT2D eigenvalue weighted by atomic mass is 9.76. The molecular weight excluding hydrogens is 174 g/mol. The second-order valence-electron chi connectivity index (χ2n) is 4.51. The maximum Gasteiger partial charge on any atom is 0.0502 e. The molecule has 2 atom stereocenters. The van der Waals surface area contributed by atoms with E-state index >= 15 is 0 Å². The van der Waals surface area contributed by atoms with Crippen LogP contribution in [0.2, 0.25) is 0 Å². The van der Waals surface area contributed by atoms with E-state index in [2.05, 4.69) is 11.9 Å². The van der Waals surface area contributed by atoms with Crippen LogP contribution in [0.3, 0.4) is 0 Å². The van der Waals surface area contributed by atoms with Gasteiger partial charge in [-0.15, -0.1) is 0 Å². The Hall–Kier alpha value is -0.0800. The van der Waals surface area contributed by atoms with Crippen molar-refractivity contribution in [2.24, 2.45) is 5.41 Å². The predicted molar refractivity (Wildman–Crippen MR) is 60.4 cm³/mol. The minimum atomic E-state index is 0.285. The molecule has 1 aliphatic heterocycles. The van der Waals surface area contributed by atoms with Crippen molar-refractivity contribution in [2.45, 2.75) is 52.0 Å². The molecule has 1 saturated carbocycles. The van der Waals surface area contributed by atoms with E-state index in [9.17, 15) is 5.11 Å². The number of hydrogen-bond donors (Lipinski definition) is 1. The first-order valence-electron chi connectivity index (χ1n) is 6.10. The molecule has 2 aliphatic rings. The minimum Gasteiger partial charge on any atom is -0.396 e. The Morgan fingerprint density at radius 1 is 1.29 bits per heavy atom. The summed E-state index contributed by atoms with van der Waals surface area (Å²) in [6, 6.07) is 0.677. The van der Waals surface area contributed by atoms with E-state index < -0.39 is 0 Å². The van der Waals surface area contributed by atoms with Gasteiger partial charge in [0.05, 0.1) is 6.61 Å². The van der Waals surface area contributed by atoms with Crippen molar-refractivity contribution < 1.29 is 5.11 Å². The first kappa shape index (κ1) is 12.0. The van der Waals surface area contributed by atoms with Crippen molar-refractivity contribution >= 4 is 0 Å². The van der Waals surface area contributed by atoms with Gasteiger partial charge >= 0.3 is 0 Å². The number of piperidine rings is 1. The van der Waals surface area contributed by atoms with Gasteiger partial charge in [-0.25, -0.2) is 0 Å². The quantitative estimate of drug-likeness (QED) is 0.700. The van der Waals surface area contributed by atoms with Crippen LogP contribution in [0.15, 0.2) is 0 Å². The van der Waals surface area contributed by atoms with Gasteiger partial charge in [-0.2, -0.15) is 0 Å². The smallest absolute Gasteiger partial charge is 0.0502 e. The summed E-state index contributed by atoms with van der Waals surface area (Å²) < 4.78 is 0. The molecule has 0 aromatic heterocycles. The van der Waals surface area contributed by atoms with Crippen LogP contribution in [0.25, 0.3) is 0 Å². The van der Waals surface area contributed by atoms with E-state index in [4.69, 9.17) is 0 Å². The third kappa shape index (κ3) is 1.96. The lowest BCUT2D eigenvalue weighted by molar-refractivity contribution is 0.00742. The average Bonchev–Trinajstić information content (AvgIpc) is 2.67. The highest BCUT2D eigenvalue weighted by molar-refractivity contribution is 4.99. The van der Waals surface area contributed by atoms with Crippen LogP contribution in [-0.2, 0) is 0 Å². The topological polar surface area (TPSA) is 23.5 Å². The molecule has 0 amide bonds. The number of likely N-dealkylation sites (tertiary alicyclic amines) is 1. The predicted octanol–water partition coefficient (Wildman–Crippen LogP) is 2.27. The van der Waals surface area contributed by atoms with Crippen molar-refractivity contribution in [1.29, 1.82) is 0 Å². The summed E-state index contributed by atoms with van der Waals surface area (Å²) >= 11 is 0. The SMILES string of the molecule is CC.CN1CCC[C@@]2(CO)CCC[C@@H]12. The average molecular weight is 199 g/mol. The second-order valence-corrected chi connectivity index (χ2v) is 4.51. The van der Waals surface area contributed by atoms with Crippen LogP contribution in [0.5, 0.6) is 0 Å². The first-order valence-corrected chi connectivity index (χ1v) is 6.10. The van der Waals surface area contributed by atoms with Crippen LogP contribution in [-0.4, -0.2) is 36.2 Å². The van der Waals surface area contributed by atoms with Crippen LogP contribution >= 0.6 is 0 Å². The van der Waals surface area contributed by atoms with Crippen molar-refractivity contribution in [3.05, 3.63) is 0 Å². The third-order valence-corrected chi connectivity index (χ3v) is 3.89. The fourth-order valence-corrected chi connectivity index (χ4v) is 3.20. The summed E-state index contributed by atoms with van der Waals surface area (Å²) in [5.41, 5.74) is 0.285. The van der Waals surface area contributed by atoms with Gasteiger partial charge in [0.1, 0.15) is 0 Å². The van der Waals surface area contributed by atoms with Gasteiger partial charge in [0.2, 0.25) is 0 Å². The second kappa shape index (κ2) is 5.13. The summed E-state index contributed by atoms with van der Waals surface area (Å²) in [6.45, 7) is 5.63. The van der Waals surface area contributed by atoms with E-state index in [-0.39, 0.29) is 5.41 Å². The maximum absolute atomic E-state index is 9.44. The molecule has 2 nitrogen and oxygen atoms in total. The van der Waals surface area contributed by atoms with Gasteiger partial charge in [0.15, 0.2) is 0 Å². The van der Waals surface area contributed by atoms with Gasteiger partial charge in [-0.1, -0.05) is 20.3 Å². The number of fused-ring (bicyclic) bond motifs is 1. The van der Waals surface area contributed by atoms with Crippen LogP contribution in [0, 0.1) is 5.41 Å². The summed E-state index contributed by atoms with van der Waals surface area (Å²) in [7, 11) is 2.21. The Morgan fingerprint density at radius 2 is 1.93 bits per heavy atom. The van der Waals surface area contributed by atoms with E-state index in [1.54, 1.807) is 0 Å². The monoisotopic (exact) mass is 199 g/mol. The van der Waals surface area contributed by atoms with Gasteiger partial charge in [0, 0.05) is 11.5 Å². The van der Waals surface area contributed by atoms with Crippen LogP contribution in [0.1, 0.15) is 46.0 Å². The maximum atomic E-state index is 9.44. The molecule has 0 bridgehead atoms. The molecular formula is C12H25NO. The number of aliphatic hydroxyl groups is 1. The standard InChI is InChI=1S/C10H19NO.C2H6/c1-11-7-3-6-10(8-12)5-2-4-9(10)11;1-2/h9,12H,2-8H2,1H3;1-2H3/t9-,10-;/m1./s1. The summed E-state index contributed by atoms with van der Waals surface area (Å²) in [4.78, 5) is 2.45. The number of rotatable bonds is 1. The normalized spacial score (nSPS) is 37.3. The highest BCUT2D eigenvalue weighted by Crippen LogP contribution is 2.46. The molecule has 0 aromatic rings. The lowest BCUT2D eigenvalue weighted by Gasteiger charge is -2.44. The van der Waals surface area contributed by atoms with E-state index in [0.29, 0.717) is 12.6 Å². The highest BCUT2D eigenvalue weighted by atomic mass is 16.3. The van der Waals surface area contributed by atoms with Crippen molar-refractivity contribution in [3.63, 3.8) is 0 Å². The molecule has 1 aliphatic carbocycles. The molecule has 2 fully saturated rings. The number of aliphatic hydroxyl groups excluding tert-OH is 1. The Labute approximate surface area is 88.3 Å². The number of nitrogens with zero attached hydrogens (tertiary/aromatic N) is 1. The molecule has 1 N–H and O–H groups in total. The molecule has 0 unspecified atom stereocenters. The summed E-state index contributed by atoms with van der Waals surface area (Å²) in [5.74, 6) is 0. The van der Waals surface area contributed by atoms with E-state index in [1.807, 2.05) is 13.8 Å². The van der Waals surface area contributed by atoms with E-state index in [1.165, 1.54) is 38.6 Å². The van der Waals surface area contributed by atoms with Crippen molar-refractivity contribution in [2.75, 3.05) is 20.2 Å². The third-order valence-electron chi connectivity index (χ3n) is 3.89. The molecule has 1 heterocycles. The van der Waals surface area contributed by atoms with Gasteiger partial charge in [0.25, 0.3) is 0 Å². The fourth-order valence-electron chi connectivity index (χ4n) is 3.20. The Morgan fingerprint density at radius 3 is 2.50 bits per heavy atom. The number of hydrogen-bond acceptors (Lipinski definition) is 2. The zero-order valence-electron chi connectivity index (χ0n) is 9.92. The molecule has 0 radical (unpaired) electrons. The molecule has 0 aromatic carbocycles. The molecule has 1 saturated heterocycles. The minimum absolute atomic E-state index is 0.285. The van der Waals surface area contributed by atoms with Crippen LogP contribution in [0.4, 0.5) is 0 Å². The molecule has 84 valence electrons. The lowest BCUT2D eigenvalue weighted by Crippen LogP contribution is -2.49. The Bertz CT molecular complexity index is 172. The van der Waals surface area contributed by atoms with Gasteiger partial charge in [-0.3, -0.25) is 0 Å². The van der Waals surface area contributed by atoms with Crippen molar-refractivity contribution in [1.82, 2.24) is 4.90 Å². The zero-order valence-corrected chi connectivity index (χ0v) is 9.92. The van der Waals surface area contributed by atoms with Crippen molar-refractivity contribution in [3.8, 4) is 0 Å². The zero-order chi connectivity index (χ0) is 10.6. The Balaban J connectivity index is 0.000000461. The fraction of sp³-hybridized carbons (Fsp3) is 1.00. The molecule has 0 spiro atoms. The Kier molecular flexibility index (Phi) is 4.39. The first-order chi connectivity index (χ1) is 6.78. The molecule has 14 heavy (non-hydrogen) atoms. The van der Waals surface area contributed by atoms with Gasteiger partial charge < -0.3 is 10.0 Å². The largest absolute Gasteiger partial charge is 0.396 e. The summed E-state index contributed by atoms with van der Waals surface area (Å²) in [5, 5.41) is 9.44. The van der Waals surface area contributed by atoms with Crippen LogP contribution < -0.4 is 0 Å².